The van der Waals surface area contributed by atoms with Gasteiger partial charge in [-0.1, -0.05) is 30.3 Å². The van der Waals surface area contributed by atoms with E-state index in [2.05, 4.69) is 0 Å². The van der Waals surface area contributed by atoms with E-state index in [9.17, 15) is 9.90 Å². The van der Waals surface area contributed by atoms with Gasteiger partial charge in [0.15, 0.2) is 0 Å². The molecular weight excluding hydrogens is 240 g/mol. The first-order valence-corrected chi connectivity index (χ1v) is 6.09. The molecule has 3 heteroatoms. The maximum absolute atomic E-state index is 11.8. The lowest BCUT2D eigenvalue weighted by Gasteiger charge is -2.08. The SMILES string of the molecule is Cc1ccc(COC(=O)c2ccccc2O)cc1C. The van der Waals surface area contributed by atoms with Crippen LogP contribution >= 0.6 is 0 Å². The Morgan fingerprint density at radius 2 is 1.84 bits per heavy atom. The van der Waals surface area contributed by atoms with Gasteiger partial charge in [0.1, 0.15) is 17.9 Å². The second kappa shape index (κ2) is 5.57. The Labute approximate surface area is 112 Å². The summed E-state index contributed by atoms with van der Waals surface area (Å²) in [5.41, 5.74) is 3.49. The predicted molar refractivity (Wildman–Crippen MR) is 73.1 cm³/mol. The van der Waals surface area contributed by atoms with Crippen molar-refractivity contribution >= 4 is 5.97 Å². The van der Waals surface area contributed by atoms with Crippen LogP contribution in [0.4, 0.5) is 0 Å². The van der Waals surface area contributed by atoms with E-state index >= 15 is 0 Å². The van der Waals surface area contributed by atoms with Crippen LogP contribution in [0.25, 0.3) is 0 Å². The Morgan fingerprint density at radius 3 is 2.53 bits per heavy atom. The zero-order chi connectivity index (χ0) is 13.8. The van der Waals surface area contributed by atoms with Crippen molar-refractivity contribution in [3.8, 4) is 5.75 Å². The molecule has 0 saturated carbocycles. The minimum absolute atomic E-state index is 0.0624. The van der Waals surface area contributed by atoms with Gasteiger partial charge in [-0.25, -0.2) is 4.79 Å². The largest absolute Gasteiger partial charge is 0.507 e. The minimum Gasteiger partial charge on any atom is -0.507 e. The maximum atomic E-state index is 11.8. The molecular formula is C16H16O3. The van der Waals surface area contributed by atoms with E-state index in [1.165, 1.54) is 17.7 Å². The number of aromatic hydroxyl groups is 1. The number of aryl methyl sites for hydroxylation is 2. The molecule has 1 N–H and O–H groups in total. The first kappa shape index (κ1) is 13.1. The highest BCUT2D eigenvalue weighted by Crippen LogP contribution is 2.18. The molecule has 0 atom stereocenters. The van der Waals surface area contributed by atoms with Crippen molar-refractivity contribution in [2.75, 3.05) is 0 Å². The first-order valence-electron chi connectivity index (χ1n) is 6.09. The number of carbonyl (C=O) groups is 1. The molecule has 0 heterocycles. The van der Waals surface area contributed by atoms with Crippen LogP contribution in [0, 0.1) is 13.8 Å². The highest BCUT2D eigenvalue weighted by atomic mass is 16.5. The average molecular weight is 256 g/mol. The number of hydrogen-bond donors (Lipinski definition) is 1. The van der Waals surface area contributed by atoms with Gasteiger partial charge in [-0.3, -0.25) is 0 Å². The van der Waals surface area contributed by atoms with Gasteiger partial charge in [-0.15, -0.1) is 0 Å². The third kappa shape index (κ3) is 3.13. The first-order chi connectivity index (χ1) is 9.08. The van der Waals surface area contributed by atoms with E-state index < -0.39 is 5.97 Å². The molecule has 0 amide bonds. The highest BCUT2D eigenvalue weighted by molar-refractivity contribution is 5.92. The quantitative estimate of drug-likeness (QED) is 0.856. The Hall–Kier alpha value is -2.29. The molecule has 0 aromatic heterocycles. The Morgan fingerprint density at radius 1 is 1.11 bits per heavy atom. The second-order valence-electron chi connectivity index (χ2n) is 4.51. The number of hydrogen-bond acceptors (Lipinski definition) is 3. The fourth-order valence-electron chi connectivity index (χ4n) is 1.77. The van der Waals surface area contributed by atoms with E-state index in [1.807, 2.05) is 32.0 Å². The lowest BCUT2D eigenvalue weighted by molar-refractivity contribution is 0.0469. The van der Waals surface area contributed by atoms with Crippen molar-refractivity contribution in [1.82, 2.24) is 0 Å². The standard InChI is InChI=1S/C16H16O3/c1-11-7-8-13(9-12(11)2)10-19-16(18)14-5-3-4-6-15(14)17/h3-9,17H,10H2,1-2H3. The molecule has 98 valence electrons. The summed E-state index contributed by atoms with van der Waals surface area (Å²) in [7, 11) is 0. The van der Waals surface area contributed by atoms with Crippen molar-refractivity contribution in [2.24, 2.45) is 0 Å². The summed E-state index contributed by atoms with van der Waals surface area (Å²) in [6.45, 7) is 4.26. The molecule has 3 nitrogen and oxygen atoms in total. The molecule has 0 saturated heterocycles. The van der Waals surface area contributed by atoms with Crippen LogP contribution < -0.4 is 0 Å². The topological polar surface area (TPSA) is 46.5 Å². The summed E-state index contributed by atoms with van der Waals surface area (Å²) in [5.74, 6) is -0.580. The second-order valence-corrected chi connectivity index (χ2v) is 4.51. The van der Waals surface area contributed by atoms with Crippen LogP contribution in [0.5, 0.6) is 5.75 Å². The molecule has 2 aromatic carbocycles. The number of phenols is 1. The van der Waals surface area contributed by atoms with Crippen LogP contribution in [0.1, 0.15) is 27.0 Å². The zero-order valence-corrected chi connectivity index (χ0v) is 11.0. The number of benzene rings is 2. The average Bonchev–Trinajstić information content (AvgIpc) is 2.40. The van der Waals surface area contributed by atoms with E-state index in [0.29, 0.717) is 0 Å². The molecule has 0 bridgehead atoms. The normalized spacial score (nSPS) is 10.2. The molecule has 0 aliphatic heterocycles. The molecule has 0 spiro atoms. The highest BCUT2D eigenvalue weighted by Gasteiger charge is 2.11. The molecule has 2 rings (SSSR count). The van der Waals surface area contributed by atoms with Gasteiger partial charge in [0.05, 0.1) is 0 Å². The summed E-state index contributed by atoms with van der Waals surface area (Å²) in [6.07, 6.45) is 0. The van der Waals surface area contributed by atoms with Crippen LogP contribution in [0.2, 0.25) is 0 Å². The van der Waals surface area contributed by atoms with E-state index in [-0.39, 0.29) is 17.9 Å². The smallest absolute Gasteiger partial charge is 0.342 e. The van der Waals surface area contributed by atoms with E-state index in [1.54, 1.807) is 12.1 Å². The fourth-order valence-corrected chi connectivity index (χ4v) is 1.77. The van der Waals surface area contributed by atoms with Gasteiger partial charge in [-0.05, 0) is 42.7 Å². The summed E-state index contributed by atoms with van der Waals surface area (Å²) >= 11 is 0. The minimum atomic E-state index is -0.517. The van der Waals surface area contributed by atoms with Crippen LogP contribution in [0.15, 0.2) is 42.5 Å². The van der Waals surface area contributed by atoms with Crippen molar-refractivity contribution in [3.05, 3.63) is 64.7 Å². The van der Waals surface area contributed by atoms with Gasteiger partial charge in [0, 0.05) is 0 Å². The summed E-state index contributed by atoms with van der Waals surface area (Å²) in [5, 5.41) is 9.56. The lowest BCUT2D eigenvalue weighted by Crippen LogP contribution is -2.05. The summed E-state index contributed by atoms with van der Waals surface area (Å²) in [4.78, 5) is 11.8. The molecule has 19 heavy (non-hydrogen) atoms. The van der Waals surface area contributed by atoms with Crippen molar-refractivity contribution in [1.29, 1.82) is 0 Å². The van der Waals surface area contributed by atoms with Crippen LogP contribution in [0.3, 0.4) is 0 Å². The van der Waals surface area contributed by atoms with Gasteiger partial charge in [0.25, 0.3) is 0 Å². The molecule has 0 unspecified atom stereocenters. The fraction of sp³-hybridized carbons (Fsp3) is 0.188. The maximum Gasteiger partial charge on any atom is 0.342 e. The number of phenolic OH excluding ortho intramolecular Hbond substituents is 1. The Kier molecular flexibility index (Phi) is 3.85. The number of ether oxygens (including phenoxy) is 1. The van der Waals surface area contributed by atoms with E-state index in [4.69, 9.17) is 4.74 Å². The number of carbonyl (C=O) groups excluding carboxylic acids is 1. The summed E-state index contributed by atoms with van der Waals surface area (Å²) in [6, 6.07) is 12.3. The van der Waals surface area contributed by atoms with E-state index in [0.717, 1.165) is 11.1 Å². The number of rotatable bonds is 3. The van der Waals surface area contributed by atoms with Crippen LogP contribution in [-0.4, -0.2) is 11.1 Å². The number of esters is 1. The van der Waals surface area contributed by atoms with Crippen molar-refractivity contribution in [3.63, 3.8) is 0 Å². The molecule has 0 fully saturated rings. The van der Waals surface area contributed by atoms with Crippen molar-refractivity contribution < 1.29 is 14.6 Å². The molecule has 2 aromatic rings. The Balaban J connectivity index is 2.04. The third-order valence-electron chi connectivity index (χ3n) is 3.07. The zero-order valence-electron chi connectivity index (χ0n) is 11.0. The third-order valence-corrected chi connectivity index (χ3v) is 3.07. The predicted octanol–water partition coefficient (Wildman–Crippen LogP) is 3.37. The number of para-hydroxylation sites is 1. The van der Waals surface area contributed by atoms with Gasteiger partial charge in [0.2, 0.25) is 0 Å². The van der Waals surface area contributed by atoms with Crippen molar-refractivity contribution in [2.45, 2.75) is 20.5 Å². The summed E-state index contributed by atoms with van der Waals surface area (Å²) < 4.78 is 5.19. The van der Waals surface area contributed by atoms with Gasteiger partial charge < -0.3 is 9.84 Å². The molecule has 0 aliphatic carbocycles. The Bertz CT molecular complexity index is 603. The molecule has 0 aliphatic rings. The van der Waals surface area contributed by atoms with Gasteiger partial charge in [-0.2, -0.15) is 0 Å². The van der Waals surface area contributed by atoms with Crippen LogP contribution in [-0.2, 0) is 11.3 Å². The lowest BCUT2D eigenvalue weighted by atomic mass is 10.1. The monoisotopic (exact) mass is 256 g/mol. The van der Waals surface area contributed by atoms with Gasteiger partial charge >= 0.3 is 5.97 Å². The molecule has 0 radical (unpaired) electrons.